The van der Waals surface area contributed by atoms with Crippen molar-refractivity contribution in [2.75, 3.05) is 7.11 Å². The summed E-state index contributed by atoms with van der Waals surface area (Å²) in [6.07, 6.45) is 0.646. The molecule has 3 rings (SSSR count). The summed E-state index contributed by atoms with van der Waals surface area (Å²) in [5, 5.41) is 3.18. The average Bonchev–Trinajstić information content (AvgIpc) is 2.66. The molecule has 0 bridgehead atoms. The normalized spacial score (nSPS) is 18.4. The Bertz CT molecular complexity index is 846. The quantitative estimate of drug-likeness (QED) is 0.793. The van der Waals surface area contributed by atoms with Crippen molar-refractivity contribution >= 4 is 5.91 Å². The van der Waals surface area contributed by atoms with Crippen molar-refractivity contribution < 1.29 is 19.0 Å². The third-order valence-corrected chi connectivity index (χ3v) is 4.94. The molecule has 28 heavy (non-hydrogen) atoms. The molecular formula is C23H29NO4. The highest BCUT2D eigenvalue weighted by atomic mass is 16.5. The Balaban J connectivity index is 1.80. The minimum Gasteiger partial charge on any atom is -0.493 e. The van der Waals surface area contributed by atoms with E-state index in [1.807, 2.05) is 64.1 Å². The van der Waals surface area contributed by atoms with Crippen LogP contribution in [0.3, 0.4) is 0 Å². The maximum absolute atomic E-state index is 13.0. The second kappa shape index (κ2) is 8.13. The highest BCUT2D eigenvalue weighted by Gasteiger charge is 2.35. The second-order valence-electron chi connectivity index (χ2n) is 7.83. The number of benzene rings is 2. The fourth-order valence-corrected chi connectivity index (χ4v) is 3.56. The second-order valence-corrected chi connectivity index (χ2v) is 7.83. The molecule has 150 valence electrons. The summed E-state index contributed by atoms with van der Waals surface area (Å²) in [6.45, 7) is 8.05. The molecule has 2 atom stereocenters. The molecule has 0 fully saturated rings. The molecule has 0 spiro atoms. The molecule has 0 saturated carbocycles. The van der Waals surface area contributed by atoms with E-state index in [9.17, 15) is 4.79 Å². The summed E-state index contributed by atoms with van der Waals surface area (Å²) in [4.78, 5) is 13.0. The molecule has 2 aromatic carbocycles. The number of nitrogens with one attached hydrogen (secondary N) is 1. The third-order valence-electron chi connectivity index (χ3n) is 4.94. The van der Waals surface area contributed by atoms with Gasteiger partial charge in [-0.3, -0.25) is 4.79 Å². The van der Waals surface area contributed by atoms with Crippen molar-refractivity contribution in [1.29, 1.82) is 0 Å². The highest BCUT2D eigenvalue weighted by Crippen LogP contribution is 2.40. The maximum atomic E-state index is 13.0. The van der Waals surface area contributed by atoms with Crippen molar-refractivity contribution in [3.63, 3.8) is 0 Å². The van der Waals surface area contributed by atoms with Crippen LogP contribution >= 0.6 is 0 Å². The first kappa shape index (κ1) is 20.1. The Kier molecular flexibility index (Phi) is 5.82. The number of rotatable bonds is 6. The lowest BCUT2D eigenvalue weighted by atomic mass is 9.88. The molecule has 5 nitrogen and oxygen atoms in total. The summed E-state index contributed by atoms with van der Waals surface area (Å²) in [6, 6.07) is 13.3. The van der Waals surface area contributed by atoms with Crippen LogP contribution in [-0.4, -0.2) is 24.7 Å². The number of carbonyl (C=O) groups excluding carboxylic acids is 1. The van der Waals surface area contributed by atoms with Gasteiger partial charge in [0, 0.05) is 12.0 Å². The van der Waals surface area contributed by atoms with E-state index in [0.29, 0.717) is 24.3 Å². The van der Waals surface area contributed by atoms with Crippen LogP contribution < -0.4 is 19.5 Å². The van der Waals surface area contributed by atoms with Crippen LogP contribution in [0.15, 0.2) is 42.5 Å². The van der Waals surface area contributed by atoms with E-state index in [4.69, 9.17) is 14.2 Å². The van der Waals surface area contributed by atoms with Gasteiger partial charge in [0.2, 0.25) is 0 Å². The molecule has 1 N–H and O–H groups in total. The van der Waals surface area contributed by atoms with Gasteiger partial charge in [-0.15, -0.1) is 0 Å². The van der Waals surface area contributed by atoms with E-state index in [1.165, 1.54) is 0 Å². The molecule has 0 unspecified atom stereocenters. The van der Waals surface area contributed by atoms with Gasteiger partial charge in [0.1, 0.15) is 11.4 Å². The lowest BCUT2D eigenvalue weighted by molar-refractivity contribution is -0.129. The standard InChI is InChI=1S/C23H29NO4/c1-6-18(27-21-10-8-7-9-20(21)26-5)22(25)24-17-14-23(3,4)28-19-12-11-15(2)13-16(17)19/h7-13,17-18H,6,14H2,1-5H3,(H,24,25)/t17-,18-/m1/s1. The van der Waals surface area contributed by atoms with E-state index in [0.717, 1.165) is 16.9 Å². The molecule has 1 amide bonds. The number of methoxy groups -OCH3 is 1. The van der Waals surface area contributed by atoms with Gasteiger partial charge in [0.05, 0.1) is 13.2 Å². The Morgan fingerprint density at radius 2 is 1.96 bits per heavy atom. The smallest absolute Gasteiger partial charge is 0.261 e. The zero-order chi connectivity index (χ0) is 20.3. The van der Waals surface area contributed by atoms with E-state index in [-0.39, 0.29) is 17.6 Å². The van der Waals surface area contributed by atoms with Crippen molar-refractivity contribution in [1.82, 2.24) is 5.32 Å². The lowest BCUT2D eigenvalue weighted by Gasteiger charge is -2.38. The Hall–Kier alpha value is -2.69. The number of carbonyl (C=O) groups is 1. The average molecular weight is 383 g/mol. The van der Waals surface area contributed by atoms with Gasteiger partial charge >= 0.3 is 0 Å². The summed E-state index contributed by atoms with van der Waals surface area (Å²) < 4.78 is 17.4. The Morgan fingerprint density at radius 1 is 1.25 bits per heavy atom. The van der Waals surface area contributed by atoms with Gasteiger partial charge < -0.3 is 19.5 Å². The number of hydrogen-bond donors (Lipinski definition) is 1. The van der Waals surface area contributed by atoms with Gasteiger partial charge in [-0.1, -0.05) is 36.8 Å². The monoisotopic (exact) mass is 383 g/mol. The van der Waals surface area contributed by atoms with Crippen molar-refractivity contribution in [3.8, 4) is 17.2 Å². The minimum absolute atomic E-state index is 0.124. The topological polar surface area (TPSA) is 56.8 Å². The number of hydrogen-bond acceptors (Lipinski definition) is 4. The van der Waals surface area contributed by atoms with Gasteiger partial charge in [-0.25, -0.2) is 0 Å². The van der Waals surface area contributed by atoms with Crippen molar-refractivity contribution in [2.24, 2.45) is 0 Å². The molecule has 0 aromatic heterocycles. The van der Waals surface area contributed by atoms with Crippen LogP contribution in [0.1, 0.15) is 50.8 Å². The fourth-order valence-electron chi connectivity index (χ4n) is 3.56. The summed E-state index contributed by atoms with van der Waals surface area (Å²) in [5.74, 6) is 1.87. The SMILES string of the molecule is CC[C@@H](Oc1ccccc1OC)C(=O)N[C@@H]1CC(C)(C)Oc2ccc(C)cc21. The Morgan fingerprint density at radius 3 is 2.64 bits per heavy atom. The molecule has 0 aliphatic carbocycles. The predicted molar refractivity (Wildman–Crippen MR) is 109 cm³/mol. The van der Waals surface area contributed by atoms with E-state index >= 15 is 0 Å². The minimum atomic E-state index is -0.601. The molecule has 1 aliphatic rings. The zero-order valence-electron chi connectivity index (χ0n) is 17.2. The summed E-state index contributed by atoms with van der Waals surface area (Å²) >= 11 is 0. The van der Waals surface area contributed by atoms with Crippen LogP contribution in [0, 0.1) is 6.92 Å². The van der Waals surface area contributed by atoms with Gasteiger partial charge in [0.25, 0.3) is 5.91 Å². The predicted octanol–water partition coefficient (Wildman–Crippen LogP) is 4.58. The maximum Gasteiger partial charge on any atom is 0.261 e. The summed E-state index contributed by atoms with van der Waals surface area (Å²) in [7, 11) is 1.59. The van der Waals surface area contributed by atoms with Crippen LogP contribution in [0.25, 0.3) is 0 Å². The third kappa shape index (κ3) is 4.41. The Labute approximate surface area is 167 Å². The van der Waals surface area contributed by atoms with Crippen LogP contribution in [0.2, 0.25) is 0 Å². The van der Waals surface area contributed by atoms with Crippen molar-refractivity contribution in [3.05, 3.63) is 53.6 Å². The first-order valence-corrected chi connectivity index (χ1v) is 9.72. The molecule has 0 saturated heterocycles. The molecular weight excluding hydrogens is 354 g/mol. The number of ether oxygens (including phenoxy) is 3. The fraction of sp³-hybridized carbons (Fsp3) is 0.435. The van der Waals surface area contributed by atoms with E-state index in [2.05, 4.69) is 11.4 Å². The number of aryl methyl sites for hydroxylation is 1. The molecule has 5 heteroatoms. The lowest BCUT2D eigenvalue weighted by Crippen LogP contribution is -2.45. The molecule has 1 heterocycles. The largest absolute Gasteiger partial charge is 0.493 e. The van der Waals surface area contributed by atoms with E-state index in [1.54, 1.807) is 7.11 Å². The van der Waals surface area contributed by atoms with Gasteiger partial charge in [-0.05, 0) is 45.4 Å². The summed E-state index contributed by atoms with van der Waals surface area (Å²) in [5.41, 5.74) is 1.80. The van der Waals surface area contributed by atoms with Crippen molar-refractivity contribution in [2.45, 2.75) is 58.3 Å². The molecule has 1 aliphatic heterocycles. The van der Waals surface area contributed by atoms with Gasteiger partial charge in [0.15, 0.2) is 17.6 Å². The van der Waals surface area contributed by atoms with Gasteiger partial charge in [-0.2, -0.15) is 0 Å². The van der Waals surface area contributed by atoms with E-state index < -0.39 is 6.10 Å². The number of fused-ring (bicyclic) bond motifs is 1. The number of amides is 1. The first-order valence-electron chi connectivity index (χ1n) is 9.72. The zero-order valence-corrected chi connectivity index (χ0v) is 17.2. The highest BCUT2D eigenvalue weighted by molar-refractivity contribution is 5.81. The number of para-hydroxylation sites is 2. The molecule has 2 aromatic rings. The first-order chi connectivity index (χ1) is 13.3. The molecule has 0 radical (unpaired) electrons. The van der Waals surface area contributed by atoms with Crippen LogP contribution in [0.5, 0.6) is 17.2 Å². The van der Waals surface area contributed by atoms with Crippen LogP contribution in [0.4, 0.5) is 0 Å². The van der Waals surface area contributed by atoms with Crippen LogP contribution in [-0.2, 0) is 4.79 Å².